The summed E-state index contributed by atoms with van der Waals surface area (Å²) in [5.74, 6) is 2.87. The van der Waals surface area contributed by atoms with Gasteiger partial charge >= 0.3 is 6.03 Å². The number of hydrogen-bond donors (Lipinski definition) is 2. The van der Waals surface area contributed by atoms with Crippen molar-refractivity contribution in [1.82, 2.24) is 30.0 Å². The van der Waals surface area contributed by atoms with Crippen molar-refractivity contribution >= 4 is 17.7 Å². The fraction of sp³-hybridized carbons (Fsp3) is 0.562. The number of aryl methyl sites for hydroxylation is 1. The molecular formula is C16H24N8O. The van der Waals surface area contributed by atoms with Crippen molar-refractivity contribution < 1.29 is 4.79 Å². The molecule has 3 heterocycles. The first-order valence-corrected chi connectivity index (χ1v) is 8.43. The third kappa shape index (κ3) is 3.86. The smallest absolute Gasteiger partial charge is 0.319 e. The second-order valence-corrected chi connectivity index (χ2v) is 6.74. The summed E-state index contributed by atoms with van der Waals surface area (Å²) in [7, 11) is 3.73. The Morgan fingerprint density at radius 3 is 2.64 bits per heavy atom. The fourth-order valence-corrected chi connectivity index (χ4v) is 2.86. The average molecular weight is 344 g/mol. The Bertz CT molecular complexity index is 737. The van der Waals surface area contributed by atoms with Gasteiger partial charge in [0.25, 0.3) is 0 Å². The predicted octanol–water partition coefficient (Wildman–Crippen LogP) is 1.39. The van der Waals surface area contributed by atoms with Crippen LogP contribution in [-0.2, 0) is 13.0 Å². The number of carbonyl (C=O) groups excluding carboxylic acids is 1. The number of nitrogens with zero attached hydrogens (tertiary/aromatic N) is 6. The Balaban J connectivity index is 1.59. The van der Waals surface area contributed by atoms with Crippen LogP contribution in [-0.4, -0.2) is 50.9 Å². The molecule has 2 aromatic heterocycles. The van der Waals surface area contributed by atoms with E-state index in [0.717, 1.165) is 24.5 Å². The molecule has 3 rings (SSSR count). The van der Waals surface area contributed by atoms with Gasteiger partial charge in [-0.15, -0.1) is 10.2 Å². The molecule has 0 bridgehead atoms. The summed E-state index contributed by atoms with van der Waals surface area (Å²) < 4.78 is 2.12. The van der Waals surface area contributed by atoms with Crippen molar-refractivity contribution in [2.24, 2.45) is 0 Å². The van der Waals surface area contributed by atoms with Gasteiger partial charge in [-0.25, -0.2) is 14.8 Å². The molecule has 2 aromatic rings. The Kier molecular flexibility index (Phi) is 4.82. The molecule has 0 radical (unpaired) electrons. The second kappa shape index (κ2) is 7.04. The van der Waals surface area contributed by atoms with Gasteiger partial charge in [0, 0.05) is 39.0 Å². The molecule has 0 fully saturated rings. The molecule has 25 heavy (non-hydrogen) atoms. The van der Waals surface area contributed by atoms with Gasteiger partial charge in [-0.3, -0.25) is 0 Å². The van der Waals surface area contributed by atoms with Gasteiger partial charge in [-0.2, -0.15) is 0 Å². The van der Waals surface area contributed by atoms with Gasteiger partial charge in [0.1, 0.15) is 11.6 Å². The maximum atomic E-state index is 12.2. The predicted molar refractivity (Wildman–Crippen MR) is 94.7 cm³/mol. The van der Waals surface area contributed by atoms with Crippen LogP contribution in [0.4, 0.5) is 16.4 Å². The Labute approximate surface area is 146 Å². The Morgan fingerprint density at radius 2 is 2.00 bits per heavy atom. The molecule has 2 amide bonds. The third-order valence-electron chi connectivity index (χ3n) is 4.12. The van der Waals surface area contributed by atoms with E-state index in [2.05, 4.69) is 49.2 Å². The highest BCUT2D eigenvalue weighted by Crippen LogP contribution is 2.20. The minimum absolute atomic E-state index is 0.0444. The lowest BCUT2D eigenvalue weighted by molar-refractivity contribution is 0.244. The third-order valence-corrected chi connectivity index (χ3v) is 4.12. The SMILES string of the molecule is CC(C)c1nnc2n1CC(NC(=O)Nc1cnc(N(C)C)nc1)CC2. The summed E-state index contributed by atoms with van der Waals surface area (Å²) in [4.78, 5) is 22.4. The number of rotatable bonds is 4. The van der Waals surface area contributed by atoms with Crippen LogP contribution in [0.25, 0.3) is 0 Å². The zero-order valence-corrected chi connectivity index (χ0v) is 15.0. The van der Waals surface area contributed by atoms with E-state index in [1.165, 1.54) is 0 Å². The number of nitrogens with one attached hydrogen (secondary N) is 2. The fourth-order valence-electron chi connectivity index (χ4n) is 2.86. The monoisotopic (exact) mass is 344 g/mol. The van der Waals surface area contributed by atoms with Crippen LogP contribution in [0.5, 0.6) is 0 Å². The summed E-state index contributed by atoms with van der Waals surface area (Å²) in [6.07, 6.45) is 4.85. The van der Waals surface area contributed by atoms with Gasteiger partial charge in [-0.1, -0.05) is 13.8 Å². The second-order valence-electron chi connectivity index (χ2n) is 6.74. The quantitative estimate of drug-likeness (QED) is 0.869. The molecule has 1 aliphatic heterocycles. The van der Waals surface area contributed by atoms with Gasteiger partial charge in [-0.05, 0) is 6.42 Å². The van der Waals surface area contributed by atoms with E-state index in [1.54, 1.807) is 17.3 Å². The molecule has 0 saturated carbocycles. The number of anilines is 2. The van der Waals surface area contributed by atoms with Crippen LogP contribution in [0.3, 0.4) is 0 Å². The average Bonchev–Trinajstić information content (AvgIpc) is 2.98. The first kappa shape index (κ1) is 17.1. The van der Waals surface area contributed by atoms with Crippen molar-refractivity contribution in [3.8, 4) is 0 Å². The van der Waals surface area contributed by atoms with E-state index < -0.39 is 0 Å². The molecule has 1 aliphatic rings. The number of carbonyl (C=O) groups is 1. The van der Waals surface area contributed by atoms with E-state index in [-0.39, 0.29) is 12.1 Å². The largest absolute Gasteiger partial charge is 0.347 e. The van der Waals surface area contributed by atoms with Gasteiger partial charge in [0.05, 0.1) is 18.1 Å². The lowest BCUT2D eigenvalue weighted by Gasteiger charge is -2.26. The van der Waals surface area contributed by atoms with Crippen molar-refractivity contribution in [1.29, 1.82) is 0 Å². The van der Waals surface area contributed by atoms with Crippen molar-refractivity contribution in [3.05, 3.63) is 24.0 Å². The standard InChI is InChI=1S/C16H24N8O/c1-10(2)14-22-21-13-6-5-11(9-24(13)14)19-16(25)20-12-7-17-15(18-8-12)23(3)4/h7-8,10-11H,5-6,9H2,1-4H3,(H2,19,20,25). The molecule has 134 valence electrons. The van der Waals surface area contributed by atoms with E-state index >= 15 is 0 Å². The minimum atomic E-state index is -0.256. The molecule has 0 aliphatic carbocycles. The molecule has 1 atom stereocenters. The molecule has 9 nitrogen and oxygen atoms in total. The van der Waals surface area contributed by atoms with E-state index in [4.69, 9.17) is 0 Å². The molecule has 0 saturated heterocycles. The number of fused-ring (bicyclic) bond motifs is 1. The van der Waals surface area contributed by atoms with Gasteiger partial charge < -0.3 is 20.1 Å². The highest BCUT2D eigenvalue weighted by Gasteiger charge is 2.25. The van der Waals surface area contributed by atoms with Gasteiger partial charge in [0.2, 0.25) is 5.95 Å². The zero-order chi connectivity index (χ0) is 18.0. The topological polar surface area (TPSA) is 101 Å². The Hall–Kier alpha value is -2.71. The highest BCUT2D eigenvalue weighted by molar-refractivity contribution is 5.89. The number of amides is 2. The van der Waals surface area contributed by atoms with Crippen LogP contribution in [0.1, 0.15) is 37.8 Å². The molecule has 9 heteroatoms. The molecule has 1 unspecified atom stereocenters. The lowest BCUT2D eigenvalue weighted by atomic mass is 10.1. The Morgan fingerprint density at radius 1 is 1.28 bits per heavy atom. The van der Waals surface area contributed by atoms with Crippen LogP contribution in [0, 0.1) is 0 Å². The molecular weight excluding hydrogens is 320 g/mol. The van der Waals surface area contributed by atoms with Gasteiger partial charge in [0.15, 0.2) is 0 Å². The zero-order valence-electron chi connectivity index (χ0n) is 15.0. The first-order valence-electron chi connectivity index (χ1n) is 8.43. The number of urea groups is 1. The number of hydrogen-bond acceptors (Lipinski definition) is 6. The summed E-state index contributed by atoms with van der Waals surface area (Å²) in [6.45, 7) is 4.89. The van der Waals surface area contributed by atoms with Crippen molar-refractivity contribution in [2.45, 2.75) is 45.2 Å². The summed E-state index contributed by atoms with van der Waals surface area (Å²) in [5, 5.41) is 14.3. The van der Waals surface area contributed by atoms with E-state index in [9.17, 15) is 4.79 Å². The first-order chi connectivity index (χ1) is 11.9. The van der Waals surface area contributed by atoms with Crippen molar-refractivity contribution in [3.63, 3.8) is 0 Å². The van der Waals surface area contributed by atoms with Crippen LogP contribution < -0.4 is 15.5 Å². The number of aromatic nitrogens is 5. The van der Waals surface area contributed by atoms with E-state index in [1.807, 2.05) is 14.1 Å². The summed E-state index contributed by atoms with van der Waals surface area (Å²) in [6, 6.07) is -0.211. The maximum absolute atomic E-state index is 12.2. The molecule has 2 N–H and O–H groups in total. The highest BCUT2D eigenvalue weighted by atomic mass is 16.2. The molecule has 0 aromatic carbocycles. The van der Waals surface area contributed by atoms with Crippen LogP contribution in [0.2, 0.25) is 0 Å². The maximum Gasteiger partial charge on any atom is 0.319 e. The lowest BCUT2D eigenvalue weighted by Crippen LogP contribution is -2.43. The minimum Gasteiger partial charge on any atom is -0.347 e. The normalized spacial score (nSPS) is 16.4. The summed E-state index contributed by atoms with van der Waals surface area (Å²) >= 11 is 0. The summed E-state index contributed by atoms with van der Waals surface area (Å²) in [5.41, 5.74) is 0.562. The van der Waals surface area contributed by atoms with Crippen molar-refractivity contribution in [2.75, 3.05) is 24.3 Å². The van der Waals surface area contributed by atoms with Crippen LogP contribution in [0.15, 0.2) is 12.4 Å². The molecule has 0 spiro atoms. The van der Waals surface area contributed by atoms with Crippen LogP contribution >= 0.6 is 0 Å². The van der Waals surface area contributed by atoms with E-state index in [0.29, 0.717) is 24.1 Å².